The summed E-state index contributed by atoms with van der Waals surface area (Å²) in [6, 6.07) is 0.381. The van der Waals surface area contributed by atoms with E-state index in [1.807, 2.05) is 18.1 Å². The molecule has 0 radical (unpaired) electrons. The fourth-order valence-electron chi connectivity index (χ4n) is 3.28. The number of aliphatic imine (C=N–C) groups is 1. The second kappa shape index (κ2) is 9.56. The van der Waals surface area contributed by atoms with Gasteiger partial charge in [-0.05, 0) is 26.9 Å². The third-order valence-electron chi connectivity index (χ3n) is 4.80. The first-order chi connectivity index (χ1) is 12.5. The van der Waals surface area contributed by atoms with Gasteiger partial charge in [0.15, 0.2) is 5.96 Å². The van der Waals surface area contributed by atoms with Crippen LogP contribution in [-0.4, -0.2) is 83.3 Å². The molecule has 146 valence electrons. The van der Waals surface area contributed by atoms with E-state index in [4.69, 9.17) is 4.99 Å². The van der Waals surface area contributed by atoms with Gasteiger partial charge in [-0.25, -0.2) is 0 Å². The standard InChI is InChI=1S/C18H33N7O/c1-6-19-18(20-11-15(4)23(7-2)8-3)24-9-10-25(17(26)14-24)16-12-21-22(5)13-16/h12-13,15H,6-11,14H2,1-5H3,(H,19,20). The lowest BCUT2D eigenvalue weighted by Gasteiger charge is -2.35. The predicted molar refractivity (Wildman–Crippen MR) is 105 cm³/mol. The maximum absolute atomic E-state index is 12.6. The lowest BCUT2D eigenvalue weighted by Crippen LogP contribution is -2.55. The molecule has 1 fully saturated rings. The quantitative estimate of drug-likeness (QED) is 0.572. The van der Waals surface area contributed by atoms with Crippen molar-refractivity contribution in [1.82, 2.24) is 24.9 Å². The van der Waals surface area contributed by atoms with Crippen LogP contribution in [0.15, 0.2) is 17.4 Å². The Hall–Kier alpha value is -2.09. The number of aryl methyl sites for hydroxylation is 1. The molecule has 8 heteroatoms. The Balaban J connectivity index is 2.02. The summed E-state index contributed by atoms with van der Waals surface area (Å²) < 4.78 is 1.72. The molecule has 1 saturated heterocycles. The maximum atomic E-state index is 12.6. The normalized spacial score (nSPS) is 17.2. The monoisotopic (exact) mass is 363 g/mol. The summed E-state index contributed by atoms with van der Waals surface area (Å²) >= 11 is 0. The van der Waals surface area contributed by atoms with Crippen molar-refractivity contribution in [2.24, 2.45) is 12.0 Å². The van der Waals surface area contributed by atoms with E-state index < -0.39 is 0 Å². The van der Waals surface area contributed by atoms with Crippen molar-refractivity contribution in [2.75, 3.05) is 50.7 Å². The number of nitrogens with zero attached hydrogens (tertiary/aromatic N) is 6. The number of anilines is 1. The van der Waals surface area contributed by atoms with E-state index in [-0.39, 0.29) is 5.91 Å². The topological polar surface area (TPSA) is 69.0 Å². The second-order valence-electron chi connectivity index (χ2n) is 6.60. The minimum atomic E-state index is 0.0756. The Morgan fingerprint density at radius 3 is 2.62 bits per heavy atom. The van der Waals surface area contributed by atoms with Crippen LogP contribution in [0.25, 0.3) is 0 Å². The van der Waals surface area contributed by atoms with Gasteiger partial charge < -0.3 is 15.1 Å². The van der Waals surface area contributed by atoms with E-state index >= 15 is 0 Å². The Morgan fingerprint density at radius 1 is 1.35 bits per heavy atom. The molecule has 1 aromatic heterocycles. The van der Waals surface area contributed by atoms with E-state index in [9.17, 15) is 4.79 Å². The fourth-order valence-corrected chi connectivity index (χ4v) is 3.28. The van der Waals surface area contributed by atoms with Gasteiger partial charge in [0.25, 0.3) is 0 Å². The van der Waals surface area contributed by atoms with Gasteiger partial charge in [-0.1, -0.05) is 13.8 Å². The van der Waals surface area contributed by atoms with Crippen LogP contribution < -0.4 is 10.2 Å². The number of guanidine groups is 1. The highest BCUT2D eigenvalue weighted by atomic mass is 16.2. The van der Waals surface area contributed by atoms with Crippen molar-refractivity contribution in [3.63, 3.8) is 0 Å². The number of carbonyl (C=O) groups is 1. The summed E-state index contributed by atoms with van der Waals surface area (Å²) in [4.78, 5) is 23.6. The minimum absolute atomic E-state index is 0.0756. The number of hydrogen-bond donors (Lipinski definition) is 1. The molecular weight excluding hydrogens is 330 g/mol. The molecule has 1 aliphatic rings. The number of rotatable bonds is 7. The Morgan fingerprint density at radius 2 is 2.08 bits per heavy atom. The van der Waals surface area contributed by atoms with E-state index in [0.717, 1.165) is 44.4 Å². The summed E-state index contributed by atoms with van der Waals surface area (Å²) in [6.45, 7) is 13.9. The van der Waals surface area contributed by atoms with Gasteiger partial charge in [-0.2, -0.15) is 5.10 Å². The Labute approximate surface area is 156 Å². The zero-order valence-electron chi connectivity index (χ0n) is 16.8. The summed E-state index contributed by atoms with van der Waals surface area (Å²) in [5, 5.41) is 7.49. The van der Waals surface area contributed by atoms with E-state index in [2.05, 4.69) is 43.0 Å². The number of hydrogen-bond acceptors (Lipinski definition) is 4. The molecule has 0 bridgehead atoms. The van der Waals surface area contributed by atoms with Crippen molar-refractivity contribution in [2.45, 2.75) is 33.7 Å². The highest BCUT2D eigenvalue weighted by molar-refractivity contribution is 5.98. The number of likely N-dealkylation sites (N-methyl/N-ethyl adjacent to an activating group) is 1. The van der Waals surface area contributed by atoms with Crippen LogP contribution in [0.5, 0.6) is 0 Å². The molecule has 1 atom stereocenters. The first kappa shape index (κ1) is 20.2. The molecule has 0 aliphatic carbocycles. The van der Waals surface area contributed by atoms with Gasteiger partial charge in [-0.15, -0.1) is 0 Å². The van der Waals surface area contributed by atoms with Crippen molar-refractivity contribution in [1.29, 1.82) is 0 Å². The maximum Gasteiger partial charge on any atom is 0.246 e. The Bertz CT molecular complexity index is 608. The zero-order chi connectivity index (χ0) is 19.1. The first-order valence-electron chi connectivity index (χ1n) is 9.56. The SMILES string of the molecule is CCNC(=NCC(C)N(CC)CC)N1CCN(c2cnn(C)c2)C(=O)C1. The summed E-state index contributed by atoms with van der Waals surface area (Å²) in [5.74, 6) is 0.900. The van der Waals surface area contributed by atoms with Crippen LogP contribution in [0.4, 0.5) is 5.69 Å². The predicted octanol–water partition coefficient (Wildman–Crippen LogP) is 0.765. The molecule has 2 rings (SSSR count). The molecule has 1 unspecified atom stereocenters. The van der Waals surface area contributed by atoms with Crippen molar-refractivity contribution < 1.29 is 4.79 Å². The van der Waals surface area contributed by atoms with Gasteiger partial charge in [0, 0.05) is 38.9 Å². The van der Waals surface area contributed by atoms with Gasteiger partial charge in [-0.3, -0.25) is 19.4 Å². The number of amides is 1. The molecule has 1 aliphatic heterocycles. The third kappa shape index (κ3) is 4.97. The molecule has 8 nitrogen and oxygen atoms in total. The van der Waals surface area contributed by atoms with E-state index in [1.165, 1.54) is 0 Å². The summed E-state index contributed by atoms with van der Waals surface area (Å²) in [6.07, 6.45) is 3.61. The molecule has 1 N–H and O–H groups in total. The molecule has 0 saturated carbocycles. The smallest absolute Gasteiger partial charge is 0.246 e. The number of piperazine rings is 1. The highest BCUT2D eigenvalue weighted by Gasteiger charge is 2.27. The van der Waals surface area contributed by atoms with Gasteiger partial charge >= 0.3 is 0 Å². The van der Waals surface area contributed by atoms with Crippen molar-refractivity contribution in [3.05, 3.63) is 12.4 Å². The van der Waals surface area contributed by atoms with Crippen LogP contribution in [0, 0.1) is 0 Å². The van der Waals surface area contributed by atoms with E-state index in [0.29, 0.717) is 19.1 Å². The lowest BCUT2D eigenvalue weighted by atomic mass is 10.2. The summed E-state index contributed by atoms with van der Waals surface area (Å²) in [7, 11) is 1.86. The number of nitrogens with one attached hydrogen (secondary N) is 1. The molecule has 0 spiro atoms. The average Bonchev–Trinajstić information content (AvgIpc) is 3.05. The van der Waals surface area contributed by atoms with E-state index in [1.54, 1.807) is 15.8 Å². The molecule has 2 heterocycles. The van der Waals surface area contributed by atoms with Gasteiger partial charge in [0.05, 0.1) is 18.4 Å². The van der Waals surface area contributed by atoms with Crippen LogP contribution in [0.3, 0.4) is 0 Å². The number of aromatic nitrogens is 2. The van der Waals surface area contributed by atoms with Crippen LogP contribution >= 0.6 is 0 Å². The van der Waals surface area contributed by atoms with Crippen LogP contribution in [0.2, 0.25) is 0 Å². The Kier molecular flexibility index (Phi) is 7.44. The van der Waals surface area contributed by atoms with Gasteiger partial charge in [0.2, 0.25) is 5.91 Å². The van der Waals surface area contributed by atoms with Gasteiger partial charge in [0.1, 0.15) is 6.54 Å². The van der Waals surface area contributed by atoms with Crippen LogP contribution in [-0.2, 0) is 11.8 Å². The van der Waals surface area contributed by atoms with Crippen molar-refractivity contribution >= 4 is 17.6 Å². The molecule has 0 aromatic carbocycles. The third-order valence-corrected chi connectivity index (χ3v) is 4.80. The second-order valence-corrected chi connectivity index (χ2v) is 6.60. The molecule has 1 amide bonds. The molecular formula is C18H33N7O. The first-order valence-corrected chi connectivity index (χ1v) is 9.56. The molecule has 26 heavy (non-hydrogen) atoms. The van der Waals surface area contributed by atoms with Crippen LogP contribution in [0.1, 0.15) is 27.7 Å². The summed E-state index contributed by atoms with van der Waals surface area (Å²) in [5.41, 5.74) is 0.856. The molecule has 1 aromatic rings. The lowest BCUT2D eigenvalue weighted by molar-refractivity contribution is -0.120. The fraction of sp³-hybridized carbons (Fsp3) is 0.722. The average molecular weight is 364 g/mol. The number of carbonyl (C=O) groups excluding carboxylic acids is 1. The highest BCUT2D eigenvalue weighted by Crippen LogP contribution is 2.16. The largest absolute Gasteiger partial charge is 0.357 e. The minimum Gasteiger partial charge on any atom is -0.357 e. The van der Waals surface area contributed by atoms with Crippen molar-refractivity contribution in [3.8, 4) is 0 Å². The zero-order valence-corrected chi connectivity index (χ0v) is 16.8.